The molecule has 3 N–H and O–H groups in total. The maximum absolute atomic E-state index is 10.2. The Kier molecular flexibility index (Phi) is 4.64. The topological polar surface area (TPSA) is 82.7 Å². The van der Waals surface area contributed by atoms with E-state index in [1.165, 1.54) is 0 Å². The number of aromatic nitrogens is 3. The van der Waals surface area contributed by atoms with Gasteiger partial charge < -0.3 is 15.5 Å². The number of hydrogen-bond donors (Lipinski definition) is 3. The predicted octanol–water partition coefficient (Wildman–Crippen LogP) is 3.17. The van der Waals surface area contributed by atoms with Crippen LogP contribution in [-0.2, 0) is 0 Å². The van der Waals surface area contributed by atoms with Crippen LogP contribution in [0.15, 0.2) is 40.9 Å². The van der Waals surface area contributed by atoms with Gasteiger partial charge in [0.15, 0.2) is 5.65 Å². The molecule has 4 atom stereocenters. The van der Waals surface area contributed by atoms with E-state index >= 15 is 0 Å². The summed E-state index contributed by atoms with van der Waals surface area (Å²) in [5, 5.41) is 28.3. The molecule has 8 heteroatoms. The van der Waals surface area contributed by atoms with E-state index in [2.05, 4.69) is 38.3 Å². The summed E-state index contributed by atoms with van der Waals surface area (Å²) in [5.74, 6) is 0.375. The summed E-state index contributed by atoms with van der Waals surface area (Å²) >= 11 is 9.58. The largest absolute Gasteiger partial charge is 0.390 e. The lowest BCUT2D eigenvalue weighted by molar-refractivity contribution is 0.0256. The lowest BCUT2D eigenvalue weighted by atomic mass is 10.1. The Morgan fingerprint density at radius 3 is 2.58 bits per heavy atom. The molecule has 6 nitrogen and oxygen atoms in total. The van der Waals surface area contributed by atoms with E-state index in [1.54, 1.807) is 10.6 Å². The second-order valence-corrected chi connectivity index (χ2v) is 7.80. The van der Waals surface area contributed by atoms with Crippen molar-refractivity contribution in [1.82, 2.24) is 14.6 Å². The number of aliphatic hydroxyl groups is 2. The van der Waals surface area contributed by atoms with Crippen LogP contribution >= 0.6 is 27.5 Å². The smallest absolute Gasteiger partial charge is 0.159 e. The highest BCUT2D eigenvalue weighted by molar-refractivity contribution is 9.10. The highest BCUT2D eigenvalue weighted by atomic mass is 79.9. The number of nitrogens with zero attached hydrogens (tertiary/aromatic N) is 3. The monoisotopic (exact) mass is 435 g/mol. The molecule has 0 aliphatic heterocycles. The van der Waals surface area contributed by atoms with Gasteiger partial charge in [-0.15, -0.1) is 0 Å². The van der Waals surface area contributed by atoms with Crippen molar-refractivity contribution in [2.75, 3.05) is 5.32 Å². The number of rotatable bonds is 3. The van der Waals surface area contributed by atoms with E-state index in [0.717, 1.165) is 15.7 Å². The highest BCUT2D eigenvalue weighted by Crippen LogP contribution is 2.30. The van der Waals surface area contributed by atoms with Crippen LogP contribution in [0, 0.1) is 12.8 Å². The fourth-order valence-corrected chi connectivity index (χ4v) is 3.72. The first-order chi connectivity index (χ1) is 12.4. The molecule has 1 aliphatic rings. The third-order valence-electron chi connectivity index (χ3n) is 4.67. The van der Waals surface area contributed by atoms with Gasteiger partial charge in [0, 0.05) is 22.2 Å². The molecule has 0 saturated heterocycles. The van der Waals surface area contributed by atoms with Crippen LogP contribution in [-0.4, -0.2) is 43.1 Å². The zero-order valence-electron chi connectivity index (χ0n) is 13.7. The van der Waals surface area contributed by atoms with E-state index in [-0.39, 0.29) is 12.0 Å². The van der Waals surface area contributed by atoms with Gasteiger partial charge in [0.1, 0.15) is 17.1 Å². The molecule has 0 unspecified atom stereocenters. The Morgan fingerprint density at radius 1 is 1.19 bits per heavy atom. The Labute approximate surface area is 164 Å². The zero-order chi connectivity index (χ0) is 18.4. The van der Waals surface area contributed by atoms with Gasteiger partial charge in [0.05, 0.1) is 17.8 Å². The summed E-state index contributed by atoms with van der Waals surface area (Å²) in [6, 6.07) is 11.0. The first-order valence-electron chi connectivity index (χ1n) is 8.20. The number of aliphatic hydroxyl groups excluding tert-OH is 2. The number of nitrogens with one attached hydrogen (secondary N) is 1. The Hall–Kier alpha value is -1.67. The third-order valence-corrected chi connectivity index (χ3v) is 5.39. The minimum absolute atomic E-state index is 0.230. The molecule has 135 valence electrons. The van der Waals surface area contributed by atoms with Crippen molar-refractivity contribution >= 4 is 39.0 Å². The number of benzene rings is 1. The maximum atomic E-state index is 10.2. The van der Waals surface area contributed by atoms with Crippen LogP contribution in [0.25, 0.3) is 16.9 Å². The minimum Gasteiger partial charge on any atom is -0.390 e. The molecule has 3 aromatic rings. The van der Waals surface area contributed by atoms with E-state index in [4.69, 9.17) is 11.6 Å². The van der Waals surface area contributed by atoms with Crippen molar-refractivity contribution < 1.29 is 10.2 Å². The molecule has 1 radical (unpaired) electrons. The van der Waals surface area contributed by atoms with Gasteiger partial charge in [-0.05, 0) is 31.4 Å². The Balaban J connectivity index is 1.72. The van der Waals surface area contributed by atoms with E-state index in [0.29, 0.717) is 23.0 Å². The average molecular weight is 437 g/mol. The Bertz CT molecular complexity index is 946. The summed E-state index contributed by atoms with van der Waals surface area (Å²) in [6.07, 6.45) is -1.21. The standard InChI is InChI=1S/C18H17BrClN4O2/c1-9-6-13(18(26)17(9)25)21-16-8-14(20)22-15-7-12(23-24(15)16)10-2-4-11(19)5-3-10/h2-5,7-9,13,17-18,21,25-26H,1,6H2/t9-,13-,17-,18+/m1/s1. The lowest BCUT2D eigenvalue weighted by Gasteiger charge is -2.19. The fourth-order valence-electron chi connectivity index (χ4n) is 3.26. The van der Waals surface area contributed by atoms with Crippen molar-refractivity contribution in [3.8, 4) is 11.3 Å². The van der Waals surface area contributed by atoms with E-state index in [1.807, 2.05) is 30.3 Å². The predicted molar refractivity (Wildman–Crippen MR) is 104 cm³/mol. The molecule has 0 spiro atoms. The number of fused-ring (bicyclic) bond motifs is 1. The van der Waals surface area contributed by atoms with Crippen molar-refractivity contribution in [1.29, 1.82) is 0 Å². The number of halogens is 2. The summed E-state index contributed by atoms with van der Waals surface area (Å²) in [6.45, 7) is 3.88. The number of anilines is 1. The van der Waals surface area contributed by atoms with Gasteiger partial charge in [0.2, 0.25) is 0 Å². The summed E-state index contributed by atoms with van der Waals surface area (Å²) in [5.41, 5.74) is 2.31. The maximum Gasteiger partial charge on any atom is 0.159 e. The quantitative estimate of drug-likeness (QED) is 0.549. The lowest BCUT2D eigenvalue weighted by Crippen LogP contribution is -2.35. The molecular formula is C18H17BrClN4O2. The normalized spacial score (nSPS) is 25.7. The number of hydrogen-bond acceptors (Lipinski definition) is 5. The van der Waals surface area contributed by atoms with Crippen LogP contribution < -0.4 is 5.32 Å². The van der Waals surface area contributed by atoms with Gasteiger partial charge in [-0.2, -0.15) is 9.61 Å². The van der Waals surface area contributed by atoms with E-state index in [9.17, 15) is 10.2 Å². The molecule has 2 heterocycles. The second-order valence-electron chi connectivity index (χ2n) is 6.50. The molecule has 1 aliphatic carbocycles. The van der Waals surface area contributed by atoms with E-state index < -0.39 is 12.2 Å². The summed E-state index contributed by atoms with van der Waals surface area (Å²) in [7, 11) is 0. The van der Waals surface area contributed by atoms with Crippen LogP contribution in [0.3, 0.4) is 0 Å². The molecule has 2 aromatic heterocycles. The molecule has 1 aromatic carbocycles. The van der Waals surface area contributed by atoms with Crippen molar-refractivity contribution in [2.24, 2.45) is 5.92 Å². The molecule has 26 heavy (non-hydrogen) atoms. The van der Waals surface area contributed by atoms with Crippen LogP contribution in [0.2, 0.25) is 5.15 Å². The highest BCUT2D eigenvalue weighted by Gasteiger charge is 2.39. The third kappa shape index (κ3) is 3.20. The van der Waals surface area contributed by atoms with Gasteiger partial charge in [-0.3, -0.25) is 0 Å². The molecule has 0 bridgehead atoms. The van der Waals surface area contributed by atoms with Crippen LogP contribution in [0.1, 0.15) is 6.42 Å². The Morgan fingerprint density at radius 2 is 1.92 bits per heavy atom. The molecule has 1 saturated carbocycles. The molecular weight excluding hydrogens is 420 g/mol. The van der Waals surface area contributed by atoms with Gasteiger partial charge in [-0.25, -0.2) is 4.98 Å². The van der Waals surface area contributed by atoms with Crippen LogP contribution in [0.4, 0.5) is 5.82 Å². The summed E-state index contributed by atoms with van der Waals surface area (Å²) < 4.78 is 2.64. The van der Waals surface area contributed by atoms with Gasteiger partial charge in [-0.1, -0.05) is 39.7 Å². The summed E-state index contributed by atoms with van der Waals surface area (Å²) in [4.78, 5) is 4.32. The minimum atomic E-state index is -0.902. The average Bonchev–Trinajstić information content (AvgIpc) is 3.13. The SMILES string of the molecule is [CH2][C@@H]1C[C@@H](Nc2cc(Cl)nc3cc(-c4ccc(Br)cc4)nn23)[C@H](O)[C@@H]1O. The van der Waals surface area contributed by atoms with Crippen molar-refractivity contribution in [2.45, 2.75) is 24.7 Å². The molecule has 0 amide bonds. The van der Waals surface area contributed by atoms with Crippen molar-refractivity contribution in [3.05, 3.63) is 52.9 Å². The van der Waals surface area contributed by atoms with Gasteiger partial charge in [0.25, 0.3) is 0 Å². The zero-order valence-corrected chi connectivity index (χ0v) is 16.0. The first kappa shape index (κ1) is 17.7. The second kappa shape index (κ2) is 6.81. The first-order valence-corrected chi connectivity index (χ1v) is 9.37. The molecule has 4 rings (SSSR count). The van der Waals surface area contributed by atoms with Crippen LogP contribution in [0.5, 0.6) is 0 Å². The van der Waals surface area contributed by atoms with Gasteiger partial charge >= 0.3 is 0 Å². The fraction of sp³-hybridized carbons (Fsp3) is 0.278. The van der Waals surface area contributed by atoms with Crippen molar-refractivity contribution in [3.63, 3.8) is 0 Å². The molecule has 1 fully saturated rings.